The number of unbranched alkanes of at least 4 members (excludes halogenated alkanes) is 4. The summed E-state index contributed by atoms with van der Waals surface area (Å²) in [5.74, 6) is 0. The fourth-order valence-corrected chi connectivity index (χ4v) is 3.61. The smallest absolute Gasteiger partial charge is 0.334 e. The van der Waals surface area contributed by atoms with Gasteiger partial charge in [0.1, 0.15) is 0 Å². The lowest BCUT2D eigenvalue weighted by atomic mass is 10.0. The van der Waals surface area contributed by atoms with Gasteiger partial charge in [-0.1, -0.05) is 79.1 Å². The predicted molar refractivity (Wildman–Crippen MR) is 135 cm³/mol. The van der Waals surface area contributed by atoms with Gasteiger partial charge in [0.15, 0.2) is 0 Å². The molecule has 0 aromatic carbocycles. The number of aromatic nitrogens is 4. The van der Waals surface area contributed by atoms with Crippen LogP contribution in [0.5, 0.6) is 0 Å². The van der Waals surface area contributed by atoms with Gasteiger partial charge in [0.2, 0.25) is 0 Å². The van der Waals surface area contributed by atoms with Gasteiger partial charge in [-0.25, -0.2) is 9.97 Å². The van der Waals surface area contributed by atoms with Gasteiger partial charge in [0, 0.05) is 36.9 Å². The zero-order chi connectivity index (χ0) is 25.0. The molecule has 2 rings (SSSR count). The highest BCUT2D eigenvalue weighted by atomic mass is 32.3. The fraction of sp³-hybridized carbons (Fsp3) is 0.750. The summed E-state index contributed by atoms with van der Waals surface area (Å²) in [6, 6.07) is 1.36. The molecule has 0 saturated carbocycles. The maximum Gasteiger partial charge on any atom is 0.394 e. The number of nitrogens with zero attached hydrogens (tertiary/aromatic N) is 4. The van der Waals surface area contributed by atoms with Crippen molar-refractivity contribution in [3.8, 4) is 0 Å². The molecule has 2 N–H and O–H groups in total. The molecular formula is C24H46N4O4S. The second-order valence-corrected chi connectivity index (χ2v) is 9.24. The minimum absolute atomic E-state index is 0.678. The lowest BCUT2D eigenvalue weighted by Crippen LogP contribution is -2.06. The van der Waals surface area contributed by atoms with Gasteiger partial charge in [0.05, 0.1) is 12.7 Å². The Kier molecular flexibility index (Phi) is 18.7. The second-order valence-electron chi connectivity index (χ2n) is 8.34. The normalized spacial score (nSPS) is 11.2. The van der Waals surface area contributed by atoms with Crippen LogP contribution in [0.15, 0.2) is 37.4 Å². The summed E-state index contributed by atoms with van der Waals surface area (Å²) in [6.07, 6.45) is 27.5. The Morgan fingerprint density at radius 1 is 0.667 bits per heavy atom. The Morgan fingerprint density at radius 3 is 1.12 bits per heavy atom. The Morgan fingerprint density at radius 2 is 0.939 bits per heavy atom. The van der Waals surface area contributed by atoms with Crippen molar-refractivity contribution in [1.82, 2.24) is 19.1 Å². The summed E-state index contributed by atoms with van der Waals surface area (Å²) >= 11 is 0. The third-order valence-electron chi connectivity index (χ3n) is 5.46. The van der Waals surface area contributed by atoms with Crippen molar-refractivity contribution in [3.05, 3.63) is 37.4 Å². The molecule has 2 aromatic rings. The van der Waals surface area contributed by atoms with Crippen LogP contribution in [0.3, 0.4) is 0 Å². The highest BCUT2D eigenvalue weighted by molar-refractivity contribution is 7.79. The van der Waals surface area contributed by atoms with Crippen molar-refractivity contribution in [3.63, 3.8) is 0 Å². The second kappa shape index (κ2) is 19.7. The molecular weight excluding hydrogens is 440 g/mol. The van der Waals surface area contributed by atoms with Crippen LogP contribution < -0.4 is 0 Å². The zero-order valence-electron chi connectivity index (χ0n) is 21.0. The molecule has 0 bridgehead atoms. The van der Waals surface area contributed by atoms with E-state index in [0.29, 0.717) is 12.1 Å². The number of hydrogen-bond acceptors (Lipinski definition) is 4. The molecule has 0 fully saturated rings. The molecule has 9 heteroatoms. The Balaban J connectivity index is 0.000000517. The van der Waals surface area contributed by atoms with Crippen LogP contribution in [0.25, 0.3) is 0 Å². The van der Waals surface area contributed by atoms with E-state index in [4.69, 9.17) is 17.5 Å². The van der Waals surface area contributed by atoms with Gasteiger partial charge < -0.3 is 9.13 Å². The predicted octanol–water partition coefficient (Wildman–Crippen LogP) is 6.96. The summed E-state index contributed by atoms with van der Waals surface area (Å²) in [4.78, 5) is 8.24. The van der Waals surface area contributed by atoms with E-state index in [1.807, 2.05) is 25.0 Å². The molecule has 2 aromatic heterocycles. The maximum absolute atomic E-state index is 8.74. The maximum atomic E-state index is 8.74. The van der Waals surface area contributed by atoms with Gasteiger partial charge in [-0.3, -0.25) is 9.11 Å². The number of rotatable bonds is 14. The fourth-order valence-electron chi connectivity index (χ4n) is 3.61. The van der Waals surface area contributed by atoms with Crippen molar-refractivity contribution >= 4 is 10.4 Å². The molecule has 0 radical (unpaired) electrons. The molecule has 0 saturated heterocycles. The van der Waals surface area contributed by atoms with Crippen LogP contribution in [-0.4, -0.2) is 36.6 Å². The Labute approximate surface area is 201 Å². The highest BCUT2D eigenvalue weighted by Crippen LogP contribution is 2.22. The molecule has 0 spiro atoms. The zero-order valence-corrected chi connectivity index (χ0v) is 21.8. The monoisotopic (exact) mass is 486 g/mol. The van der Waals surface area contributed by atoms with E-state index in [1.165, 1.54) is 77.0 Å². The molecule has 192 valence electrons. The summed E-state index contributed by atoms with van der Waals surface area (Å²) in [5, 5.41) is 0. The van der Waals surface area contributed by atoms with Crippen LogP contribution in [-0.2, 0) is 10.4 Å². The summed E-state index contributed by atoms with van der Waals surface area (Å²) < 4.78 is 36.1. The van der Waals surface area contributed by atoms with Gasteiger partial charge in [-0.15, -0.1) is 0 Å². The van der Waals surface area contributed by atoms with E-state index in [0.717, 1.165) is 0 Å². The van der Waals surface area contributed by atoms with Crippen molar-refractivity contribution < 1.29 is 17.5 Å². The first-order valence-corrected chi connectivity index (χ1v) is 13.8. The van der Waals surface area contributed by atoms with E-state index >= 15 is 0 Å². The van der Waals surface area contributed by atoms with E-state index in [2.05, 4.69) is 59.2 Å². The molecule has 0 unspecified atom stereocenters. The summed E-state index contributed by atoms with van der Waals surface area (Å²) in [7, 11) is -4.67. The van der Waals surface area contributed by atoms with Crippen molar-refractivity contribution in [1.29, 1.82) is 0 Å². The van der Waals surface area contributed by atoms with Crippen molar-refractivity contribution in [2.24, 2.45) is 0 Å². The lowest BCUT2D eigenvalue weighted by molar-refractivity contribution is 0.381. The highest BCUT2D eigenvalue weighted by Gasteiger charge is 2.09. The summed E-state index contributed by atoms with van der Waals surface area (Å²) in [6.45, 7) is 9.02. The molecule has 0 atom stereocenters. The Bertz CT molecular complexity index is 675. The molecule has 0 amide bonds. The topological polar surface area (TPSA) is 110 Å². The lowest BCUT2D eigenvalue weighted by Gasteiger charge is -2.17. The quantitative estimate of drug-likeness (QED) is 0.279. The third kappa shape index (κ3) is 18.4. The average Bonchev–Trinajstić information content (AvgIpc) is 3.48. The van der Waals surface area contributed by atoms with E-state index in [-0.39, 0.29) is 0 Å². The molecule has 8 nitrogen and oxygen atoms in total. The molecule has 2 heterocycles. The van der Waals surface area contributed by atoms with Crippen LogP contribution in [0.1, 0.15) is 117 Å². The molecule has 0 aliphatic carbocycles. The number of hydrogen-bond donors (Lipinski definition) is 2. The van der Waals surface area contributed by atoms with Crippen molar-refractivity contribution in [2.75, 3.05) is 0 Å². The van der Waals surface area contributed by atoms with E-state index in [9.17, 15) is 0 Å². The van der Waals surface area contributed by atoms with Crippen LogP contribution in [0.2, 0.25) is 0 Å². The van der Waals surface area contributed by atoms with Crippen LogP contribution >= 0.6 is 0 Å². The van der Waals surface area contributed by atoms with Gasteiger partial charge >= 0.3 is 10.4 Å². The van der Waals surface area contributed by atoms with Crippen LogP contribution in [0.4, 0.5) is 0 Å². The molecule has 0 aliphatic rings. The standard InChI is InChI=1S/2C12H22N2.H2O4S/c2*1-3-5-7-12(8-6-4-2)14-10-9-13-11-14;1-5(2,3)4/h2*9-12H,3-8H2,1-2H3;(H2,1,2,3,4). The van der Waals surface area contributed by atoms with Gasteiger partial charge in [0.25, 0.3) is 0 Å². The largest absolute Gasteiger partial charge is 0.394 e. The van der Waals surface area contributed by atoms with E-state index in [1.54, 1.807) is 0 Å². The minimum atomic E-state index is -4.67. The molecule has 0 aliphatic heterocycles. The Hall–Kier alpha value is -1.71. The van der Waals surface area contributed by atoms with Crippen LogP contribution in [0, 0.1) is 0 Å². The number of imidazole rings is 2. The van der Waals surface area contributed by atoms with E-state index < -0.39 is 10.4 Å². The van der Waals surface area contributed by atoms with Crippen molar-refractivity contribution in [2.45, 2.75) is 117 Å². The first-order valence-electron chi connectivity index (χ1n) is 12.4. The summed E-state index contributed by atoms with van der Waals surface area (Å²) in [5.41, 5.74) is 0. The first kappa shape index (κ1) is 31.3. The van der Waals surface area contributed by atoms with Gasteiger partial charge in [-0.2, -0.15) is 8.42 Å². The average molecular weight is 487 g/mol. The molecule has 33 heavy (non-hydrogen) atoms. The SMILES string of the molecule is CCCCC(CCCC)n1ccnc1.CCCCC(CCCC)n1ccnc1.O=S(=O)(O)O. The minimum Gasteiger partial charge on any atom is -0.334 e. The first-order chi connectivity index (χ1) is 15.8. The third-order valence-corrected chi connectivity index (χ3v) is 5.46. The van der Waals surface area contributed by atoms with Gasteiger partial charge in [-0.05, 0) is 25.7 Å².